The van der Waals surface area contributed by atoms with Crippen LogP contribution in [0.5, 0.6) is 0 Å². The van der Waals surface area contributed by atoms with Gasteiger partial charge >= 0.3 is 18.0 Å². The van der Waals surface area contributed by atoms with Crippen molar-refractivity contribution in [2.45, 2.75) is 44.6 Å². The number of hydrogen-bond donors (Lipinski definition) is 3. The molecule has 5 N–H and O–H groups in total. The third-order valence-electron chi connectivity index (χ3n) is 6.29. The van der Waals surface area contributed by atoms with Gasteiger partial charge in [0.2, 0.25) is 11.9 Å². The molecule has 14 nitrogen and oxygen atoms in total. The van der Waals surface area contributed by atoms with Gasteiger partial charge in [-0.3, -0.25) is 9.83 Å². The van der Waals surface area contributed by atoms with Crippen molar-refractivity contribution >= 4 is 35.6 Å². The molecule has 1 aliphatic heterocycles. The van der Waals surface area contributed by atoms with Crippen molar-refractivity contribution in [2.75, 3.05) is 18.0 Å². The number of rotatable bonds is 6. The maximum atomic E-state index is 13.3. The molecular formula is C28H30N8O6. The van der Waals surface area contributed by atoms with Gasteiger partial charge in [-0.2, -0.15) is 9.97 Å². The Bertz CT molecular complexity index is 1610. The Labute approximate surface area is 240 Å². The molecule has 218 valence electrons. The summed E-state index contributed by atoms with van der Waals surface area (Å²) in [6, 6.07) is 15.7. The molecule has 0 aliphatic carbocycles. The smallest absolute Gasteiger partial charge is 0.422 e. The average molecular weight is 575 g/mol. The number of hydrazine groups is 1. The van der Waals surface area contributed by atoms with Gasteiger partial charge in [-0.1, -0.05) is 36.4 Å². The Morgan fingerprint density at radius 3 is 2.10 bits per heavy atom. The molecule has 0 unspecified atom stereocenters. The van der Waals surface area contributed by atoms with Crippen molar-refractivity contribution in [3.05, 3.63) is 83.8 Å². The van der Waals surface area contributed by atoms with Gasteiger partial charge in [0, 0.05) is 0 Å². The number of amides is 1. The van der Waals surface area contributed by atoms with Crippen LogP contribution in [0.3, 0.4) is 0 Å². The van der Waals surface area contributed by atoms with Crippen molar-refractivity contribution in [3.63, 3.8) is 0 Å². The number of nitrogens with zero attached hydrogens (tertiary/aromatic N) is 5. The van der Waals surface area contributed by atoms with Crippen LogP contribution in [0.1, 0.15) is 53.2 Å². The van der Waals surface area contributed by atoms with Gasteiger partial charge in [-0.25, -0.2) is 24.4 Å². The second-order valence-corrected chi connectivity index (χ2v) is 10.5. The molecule has 0 radical (unpaired) electrons. The van der Waals surface area contributed by atoms with Crippen LogP contribution in [0.25, 0.3) is 5.65 Å². The highest BCUT2D eigenvalue weighted by molar-refractivity contribution is 5.90. The first-order chi connectivity index (χ1) is 20.0. The van der Waals surface area contributed by atoms with E-state index in [4.69, 9.17) is 25.7 Å². The number of esters is 2. The third-order valence-corrected chi connectivity index (χ3v) is 6.29. The molecule has 14 heteroatoms. The molecule has 1 amide bonds. The van der Waals surface area contributed by atoms with Crippen molar-refractivity contribution < 1.29 is 28.6 Å². The lowest BCUT2D eigenvalue weighted by molar-refractivity contribution is -0.0275. The van der Waals surface area contributed by atoms with Crippen LogP contribution in [-0.4, -0.2) is 66.7 Å². The molecule has 1 aliphatic rings. The number of nitrogen functional groups attached to an aromatic ring is 2. The van der Waals surface area contributed by atoms with Crippen LogP contribution >= 0.6 is 0 Å². The normalized spacial score (nSPS) is 18.9. The topological polar surface area (TPSA) is 189 Å². The molecule has 2 aromatic heterocycles. The molecule has 3 heterocycles. The molecule has 4 aromatic rings. The van der Waals surface area contributed by atoms with E-state index in [9.17, 15) is 14.4 Å². The molecule has 3 atom stereocenters. The minimum atomic E-state index is -1.17. The maximum Gasteiger partial charge on any atom is 0.422 e. The summed E-state index contributed by atoms with van der Waals surface area (Å²) in [5.41, 5.74) is 14.8. The van der Waals surface area contributed by atoms with Gasteiger partial charge in [-0.05, 0) is 45.0 Å². The van der Waals surface area contributed by atoms with Crippen LogP contribution in [0, 0.1) is 0 Å². The zero-order valence-corrected chi connectivity index (χ0v) is 23.1. The second-order valence-electron chi connectivity index (χ2n) is 10.5. The molecular weight excluding hydrogens is 544 g/mol. The predicted octanol–water partition coefficient (Wildman–Crippen LogP) is 2.54. The first kappa shape index (κ1) is 28.3. The van der Waals surface area contributed by atoms with E-state index >= 15 is 0 Å². The maximum absolute atomic E-state index is 13.3. The number of benzene rings is 2. The Morgan fingerprint density at radius 2 is 1.50 bits per heavy atom. The van der Waals surface area contributed by atoms with E-state index in [2.05, 4.69) is 20.4 Å². The minimum Gasteiger partial charge on any atom is -0.453 e. The number of fused-ring (bicyclic) bond motifs is 1. The fourth-order valence-electron chi connectivity index (χ4n) is 4.57. The highest BCUT2D eigenvalue weighted by Gasteiger charge is 2.50. The van der Waals surface area contributed by atoms with Crippen molar-refractivity contribution in [2.24, 2.45) is 0 Å². The van der Waals surface area contributed by atoms with E-state index in [1.165, 1.54) is 15.7 Å². The number of hydrogen-bond acceptors (Lipinski definition) is 12. The van der Waals surface area contributed by atoms with Crippen molar-refractivity contribution in [1.82, 2.24) is 29.8 Å². The lowest BCUT2D eigenvalue weighted by Gasteiger charge is -2.28. The van der Waals surface area contributed by atoms with Gasteiger partial charge in [0.1, 0.15) is 23.7 Å². The van der Waals surface area contributed by atoms with Gasteiger partial charge in [0.05, 0.1) is 17.7 Å². The summed E-state index contributed by atoms with van der Waals surface area (Å²) in [6.45, 7) is 5.06. The Hall–Kier alpha value is -5.24. The molecule has 0 saturated carbocycles. The van der Waals surface area contributed by atoms with E-state index in [0.29, 0.717) is 5.56 Å². The van der Waals surface area contributed by atoms with Gasteiger partial charge in [0.15, 0.2) is 17.9 Å². The van der Waals surface area contributed by atoms with Crippen molar-refractivity contribution in [1.29, 1.82) is 0 Å². The van der Waals surface area contributed by atoms with E-state index < -0.39 is 41.9 Å². The number of nitrogens with one attached hydrogen (secondary N) is 1. The Morgan fingerprint density at radius 1 is 0.905 bits per heavy atom. The summed E-state index contributed by atoms with van der Waals surface area (Å²) in [4.78, 5) is 52.1. The zero-order chi connectivity index (χ0) is 30.0. The molecule has 1 fully saturated rings. The van der Waals surface area contributed by atoms with Crippen LogP contribution in [0.2, 0.25) is 0 Å². The molecule has 0 spiro atoms. The standard InChI is InChI=1S/C28H30N8O6/c1-28(2,3)42-27(39)34-36-14-18(40-23(37)16-10-6-4-7-11-16)21(41-24(38)17-12-8-5-9-13-17)20(36)19-22-32-25(29)33-26(30)35(22)15-31-19/h4-13,15,18,20-21H,14H2,1-3H3,(H,34,39)(H4,29,30,32,33)/t18-,20-,21+/m0/s1. The van der Waals surface area contributed by atoms with Gasteiger partial charge in [-0.15, -0.1) is 0 Å². The lowest BCUT2D eigenvalue weighted by Crippen LogP contribution is -2.45. The molecule has 42 heavy (non-hydrogen) atoms. The molecule has 2 aromatic carbocycles. The summed E-state index contributed by atoms with van der Waals surface area (Å²) in [7, 11) is 0. The van der Waals surface area contributed by atoms with Crippen LogP contribution in [-0.2, 0) is 14.2 Å². The summed E-state index contributed by atoms with van der Waals surface area (Å²) in [6.07, 6.45) is -1.63. The monoisotopic (exact) mass is 574 g/mol. The number of anilines is 2. The number of carbonyl (C=O) groups excluding carboxylic acids is 3. The molecule has 5 rings (SSSR count). The van der Waals surface area contributed by atoms with E-state index in [1.807, 2.05) is 0 Å². The number of nitrogens with two attached hydrogens (primary N) is 2. The summed E-state index contributed by atoms with van der Waals surface area (Å²) < 4.78 is 18.7. The van der Waals surface area contributed by atoms with Crippen molar-refractivity contribution in [3.8, 4) is 0 Å². The lowest BCUT2D eigenvalue weighted by atomic mass is 10.1. The Balaban J connectivity index is 1.58. The molecule has 1 saturated heterocycles. The number of imidazole rings is 1. The third kappa shape index (κ3) is 6.07. The zero-order valence-electron chi connectivity index (χ0n) is 23.1. The SMILES string of the molecule is CC(C)(C)OC(=O)NN1C[C@H](OC(=O)c2ccccc2)[C@@H](OC(=O)c2ccccc2)[C@@H]1c1ncn2c(N)nc(N)nc12. The highest BCUT2D eigenvalue weighted by Crippen LogP contribution is 2.37. The first-order valence-electron chi connectivity index (χ1n) is 13.0. The minimum absolute atomic E-state index is 0.0192. The number of aromatic nitrogens is 4. The predicted molar refractivity (Wildman–Crippen MR) is 150 cm³/mol. The fourth-order valence-corrected chi connectivity index (χ4v) is 4.57. The number of ether oxygens (including phenoxy) is 3. The first-order valence-corrected chi connectivity index (χ1v) is 13.0. The fraction of sp³-hybridized carbons (Fsp3) is 0.286. The van der Waals surface area contributed by atoms with E-state index in [1.54, 1.807) is 81.4 Å². The summed E-state index contributed by atoms with van der Waals surface area (Å²) in [5.74, 6) is -1.42. The van der Waals surface area contributed by atoms with E-state index in [0.717, 1.165) is 0 Å². The van der Waals surface area contributed by atoms with E-state index in [-0.39, 0.29) is 35.3 Å². The Kier molecular flexibility index (Phi) is 7.63. The summed E-state index contributed by atoms with van der Waals surface area (Å²) >= 11 is 0. The second kappa shape index (κ2) is 11.3. The quantitative estimate of drug-likeness (QED) is 0.226. The largest absolute Gasteiger partial charge is 0.453 e. The highest BCUT2D eigenvalue weighted by atomic mass is 16.6. The van der Waals surface area contributed by atoms with Crippen LogP contribution in [0.4, 0.5) is 16.7 Å². The van der Waals surface area contributed by atoms with Gasteiger partial charge < -0.3 is 25.7 Å². The summed E-state index contributed by atoms with van der Waals surface area (Å²) in [5, 5.41) is 1.43. The number of carbonyl (C=O) groups is 3. The average Bonchev–Trinajstić information content (AvgIpc) is 3.49. The molecule has 0 bridgehead atoms. The van der Waals surface area contributed by atoms with Crippen LogP contribution < -0.4 is 16.9 Å². The van der Waals surface area contributed by atoms with Gasteiger partial charge in [0.25, 0.3) is 0 Å². The van der Waals surface area contributed by atoms with Crippen LogP contribution in [0.15, 0.2) is 67.0 Å².